The fourth-order valence-corrected chi connectivity index (χ4v) is 2.06. The standard InChI is InChI=1S/C10H18O4S/c1-7(8(11)14-4)5-15-6-10(2,3)9(12)13/h7H,5-6H2,1-4H3,(H,12,13). The molecule has 0 bridgehead atoms. The Hall–Kier alpha value is -0.710. The SMILES string of the molecule is COC(=O)C(C)CSCC(C)(C)C(=O)O. The van der Waals surface area contributed by atoms with Crippen molar-refractivity contribution in [2.45, 2.75) is 20.8 Å². The maximum atomic E-state index is 11.0. The number of hydrogen-bond donors (Lipinski definition) is 1. The number of carbonyl (C=O) groups excluding carboxylic acids is 1. The van der Waals surface area contributed by atoms with Crippen molar-refractivity contribution in [3.63, 3.8) is 0 Å². The third-order valence-corrected chi connectivity index (χ3v) is 3.67. The van der Waals surface area contributed by atoms with Gasteiger partial charge in [-0.3, -0.25) is 9.59 Å². The van der Waals surface area contributed by atoms with E-state index in [1.54, 1.807) is 20.8 Å². The van der Waals surface area contributed by atoms with Crippen LogP contribution in [-0.2, 0) is 14.3 Å². The van der Waals surface area contributed by atoms with Crippen molar-refractivity contribution in [1.29, 1.82) is 0 Å². The molecule has 0 amide bonds. The Bertz CT molecular complexity index is 238. The van der Waals surface area contributed by atoms with Crippen molar-refractivity contribution in [3.05, 3.63) is 0 Å². The van der Waals surface area contributed by atoms with Gasteiger partial charge >= 0.3 is 11.9 Å². The van der Waals surface area contributed by atoms with Crippen molar-refractivity contribution >= 4 is 23.7 Å². The molecule has 0 aliphatic heterocycles. The minimum absolute atomic E-state index is 0.190. The Kier molecular flexibility index (Phi) is 5.72. The lowest BCUT2D eigenvalue weighted by Gasteiger charge is -2.19. The van der Waals surface area contributed by atoms with E-state index in [9.17, 15) is 9.59 Å². The molecule has 0 heterocycles. The monoisotopic (exact) mass is 234 g/mol. The van der Waals surface area contributed by atoms with E-state index >= 15 is 0 Å². The summed E-state index contributed by atoms with van der Waals surface area (Å²) in [4.78, 5) is 21.8. The second-order valence-corrected chi connectivity index (χ2v) is 5.16. The van der Waals surface area contributed by atoms with Crippen LogP contribution in [0, 0.1) is 11.3 Å². The summed E-state index contributed by atoms with van der Waals surface area (Å²) >= 11 is 1.46. The van der Waals surface area contributed by atoms with Crippen LogP contribution in [-0.4, -0.2) is 35.7 Å². The summed E-state index contributed by atoms with van der Waals surface area (Å²) in [6.07, 6.45) is 0. The van der Waals surface area contributed by atoms with Crippen LogP contribution in [0.1, 0.15) is 20.8 Å². The van der Waals surface area contributed by atoms with Crippen LogP contribution in [0.4, 0.5) is 0 Å². The molecule has 0 radical (unpaired) electrons. The van der Waals surface area contributed by atoms with Crippen molar-refractivity contribution in [2.75, 3.05) is 18.6 Å². The van der Waals surface area contributed by atoms with Gasteiger partial charge in [-0.25, -0.2) is 0 Å². The van der Waals surface area contributed by atoms with E-state index in [1.165, 1.54) is 18.9 Å². The first-order chi connectivity index (χ1) is 6.81. The van der Waals surface area contributed by atoms with E-state index in [4.69, 9.17) is 5.11 Å². The number of rotatable bonds is 6. The second kappa shape index (κ2) is 6.00. The quantitative estimate of drug-likeness (QED) is 0.708. The van der Waals surface area contributed by atoms with Crippen LogP contribution in [0.15, 0.2) is 0 Å². The normalized spacial score (nSPS) is 13.3. The molecule has 0 aromatic carbocycles. The zero-order valence-corrected chi connectivity index (χ0v) is 10.4. The molecule has 1 unspecified atom stereocenters. The lowest BCUT2D eigenvalue weighted by molar-refractivity contribution is -0.145. The number of carboxylic acids is 1. The minimum Gasteiger partial charge on any atom is -0.481 e. The molecule has 1 atom stereocenters. The number of ether oxygens (including phenoxy) is 1. The smallest absolute Gasteiger partial charge is 0.309 e. The highest BCUT2D eigenvalue weighted by molar-refractivity contribution is 7.99. The molecule has 88 valence electrons. The number of hydrogen-bond acceptors (Lipinski definition) is 4. The van der Waals surface area contributed by atoms with Gasteiger partial charge in [0.1, 0.15) is 0 Å². The predicted octanol–water partition coefficient (Wildman–Crippen LogP) is 1.64. The van der Waals surface area contributed by atoms with Crippen LogP contribution < -0.4 is 0 Å². The summed E-state index contributed by atoms with van der Waals surface area (Å²) in [5.41, 5.74) is -0.749. The van der Waals surface area contributed by atoms with Crippen molar-refractivity contribution in [2.24, 2.45) is 11.3 Å². The van der Waals surface area contributed by atoms with Crippen LogP contribution in [0.2, 0.25) is 0 Å². The third kappa shape index (κ3) is 5.06. The van der Waals surface area contributed by atoms with Gasteiger partial charge in [0.05, 0.1) is 18.4 Å². The first kappa shape index (κ1) is 14.3. The lowest BCUT2D eigenvalue weighted by Crippen LogP contribution is -2.27. The van der Waals surface area contributed by atoms with E-state index < -0.39 is 11.4 Å². The highest BCUT2D eigenvalue weighted by Crippen LogP contribution is 2.23. The van der Waals surface area contributed by atoms with Gasteiger partial charge in [0.2, 0.25) is 0 Å². The molecule has 0 spiro atoms. The van der Waals surface area contributed by atoms with Gasteiger partial charge in [0.25, 0.3) is 0 Å². The van der Waals surface area contributed by atoms with E-state index in [-0.39, 0.29) is 11.9 Å². The topological polar surface area (TPSA) is 63.6 Å². The van der Waals surface area contributed by atoms with Gasteiger partial charge in [0.15, 0.2) is 0 Å². The Balaban J connectivity index is 3.89. The first-order valence-corrected chi connectivity index (χ1v) is 5.85. The largest absolute Gasteiger partial charge is 0.481 e. The molecule has 5 heteroatoms. The molecule has 1 N–H and O–H groups in total. The Morgan fingerprint density at radius 1 is 1.47 bits per heavy atom. The number of carboxylic acid groups (broad SMARTS) is 1. The van der Waals surface area contributed by atoms with Gasteiger partial charge in [-0.15, -0.1) is 0 Å². The van der Waals surface area contributed by atoms with E-state index in [0.717, 1.165) is 0 Å². The molecule has 0 aliphatic carbocycles. The highest BCUT2D eigenvalue weighted by Gasteiger charge is 2.27. The molecule has 0 aliphatic rings. The van der Waals surface area contributed by atoms with E-state index in [0.29, 0.717) is 11.5 Å². The van der Waals surface area contributed by atoms with Crippen LogP contribution in [0.25, 0.3) is 0 Å². The third-order valence-electron chi connectivity index (χ3n) is 2.01. The maximum absolute atomic E-state index is 11.0. The molecule has 4 nitrogen and oxygen atoms in total. The molecule has 0 saturated heterocycles. The van der Waals surface area contributed by atoms with Crippen LogP contribution in [0.3, 0.4) is 0 Å². The van der Waals surface area contributed by atoms with Gasteiger partial charge in [-0.1, -0.05) is 6.92 Å². The number of carbonyl (C=O) groups is 2. The number of thioether (sulfide) groups is 1. The van der Waals surface area contributed by atoms with Crippen molar-refractivity contribution in [3.8, 4) is 0 Å². The highest BCUT2D eigenvalue weighted by atomic mass is 32.2. The molecular weight excluding hydrogens is 216 g/mol. The van der Waals surface area contributed by atoms with Crippen molar-refractivity contribution in [1.82, 2.24) is 0 Å². The minimum atomic E-state index is -0.819. The summed E-state index contributed by atoms with van der Waals surface area (Å²) in [6, 6.07) is 0. The average molecular weight is 234 g/mol. The molecule has 15 heavy (non-hydrogen) atoms. The number of aliphatic carboxylic acids is 1. The average Bonchev–Trinajstić information content (AvgIpc) is 2.15. The van der Waals surface area contributed by atoms with Gasteiger partial charge in [-0.2, -0.15) is 11.8 Å². The fourth-order valence-electron chi connectivity index (χ4n) is 0.822. The summed E-state index contributed by atoms with van der Waals surface area (Å²) in [5, 5.41) is 8.86. The van der Waals surface area contributed by atoms with Gasteiger partial charge in [0, 0.05) is 11.5 Å². The summed E-state index contributed by atoms with van der Waals surface area (Å²) in [7, 11) is 1.35. The molecule has 0 aromatic heterocycles. The van der Waals surface area contributed by atoms with Crippen LogP contribution >= 0.6 is 11.8 Å². The second-order valence-electron chi connectivity index (χ2n) is 4.13. The lowest BCUT2D eigenvalue weighted by atomic mass is 9.97. The molecule has 0 saturated carbocycles. The van der Waals surface area contributed by atoms with E-state index in [2.05, 4.69) is 4.74 Å². The fraction of sp³-hybridized carbons (Fsp3) is 0.800. The maximum Gasteiger partial charge on any atom is 0.309 e. The van der Waals surface area contributed by atoms with Gasteiger partial charge < -0.3 is 9.84 Å². The Labute approximate surface area is 94.4 Å². The molecule has 0 aromatic rings. The zero-order valence-electron chi connectivity index (χ0n) is 9.57. The summed E-state index contributed by atoms with van der Waals surface area (Å²) < 4.78 is 4.57. The molecule has 0 rings (SSSR count). The predicted molar refractivity (Wildman–Crippen MR) is 59.9 cm³/mol. The summed E-state index contributed by atoms with van der Waals surface area (Å²) in [5.74, 6) is -0.187. The first-order valence-electron chi connectivity index (χ1n) is 4.70. The van der Waals surface area contributed by atoms with Crippen molar-refractivity contribution < 1.29 is 19.4 Å². The zero-order chi connectivity index (χ0) is 12.1. The van der Waals surface area contributed by atoms with Crippen LogP contribution in [0.5, 0.6) is 0 Å². The van der Waals surface area contributed by atoms with E-state index in [1.807, 2.05) is 0 Å². The molecule has 0 fully saturated rings. The summed E-state index contributed by atoms with van der Waals surface area (Å²) in [6.45, 7) is 5.11. The molecular formula is C10H18O4S. The number of methoxy groups -OCH3 is 1. The van der Waals surface area contributed by atoms with Gasteiger partial charge in [-0.05, 0) is 13.8 Å². The Morgan fingerprint density at radius 3 is 2.40 bits per heavy atom. The number of esters is 1. The Morgan fingerprint density at radius 2 is 2.00 bits per heavy atom.